The molecule has 2 heterocycles. The van der Waals surface area contributed by atoms with Crippen molar-refractivity contribution >= 4 is 27.7 Å². The lowest BCUT2D eigenvalue weighted by atomic mass is 10.0. The van der Waals surface area contributed by atoms with Crippen LogP contribution in [0.1, 0.15) is 13.8 Å². The van der Waals surface area contributed by atoms with Crippen molar-refractivity contribution in [2.24, 2.45) is 5.92 Å². The molecule has 1 atom stereocenters. The Hall–Kier alpha value is -2.57. The van der Waals surface area contributed by atoms with Gasteiger partial charge in [0, 0.05) is 39.3 Å². The van der Waals surface area contributed by atoms with Gasteiger partial charge in [-0.25, -0.2) is 12.8 Å². The monoisotopic (exact) mass is 484 g/mol. The van der Waals surface area contributed by atoms with Crippen molar-refractivity contribution in [1.29, 1.82) is 0 Å². The minimum absolute atomic E-state index is 0.158. The van der Waals surface area contributed by atoms with Crippen LogP contribution in [0.25, 0.3) is 0 Å². The first-order chi connectivity index (χ1) is 15.6. The summed E-state index contributed by atoms with van der Waals surface area (Å²) in [6.07, 6.45) is 0. The molecule has 3 amide bonds. The number of benzene rings is 1. The fraction of sp³-hybridized carbons (Fsp3) is 0.571. The zero-order valence-electron chi connectivity index (χ0n) is 18.7. The average molecular weight is 485 g/mol. The molecule has 0 aromatic heterocycles. The van der Waals surface area contributed by atoms with E-state index in [4.69, 9.17) is 4.74 Å². The van der Waals surface area contributed by atoms with Crippen molar-refractivity contribution in [2.45, 2.75) is 24.8 Å². The Morgan fingerprint density at radius 3 is 1.97 bits per heavy atom. The highest BCUT2D eigenvalue weighted by Crippen LogP contribution is 2.17. The van der Waals surface area contributed by atoms with E-state index in [0.29, 0.717) is 26.3 Å². The molecule has 12 heteroatoms. The predicted octanol–water partition coefficient (Wildman–Crippen LogP) is -0.342. The summed E-state index contributed by atoms with van der Waals surface area (Å²) in [7, 11) is -4.26. The molecule has 0 unspecified atom stereocenters. The van der Waals surface area contributed by atoms with Gasteiger partial charge in [0.05, 0.1) is 13.2 Å². The van der Waals surface area contributed by atoms with Crippen molar-refractivity contribution in [3.8, 4) is 0 Å². The van der Waals surface area contributed by atoms with Crippen molar-refractivity contribution < 1.29 is 31.9 Å². The third-order valence-electron chi connectivity index (χ3n) is 5.70. The summed E-state index contributed by atoms with van der Waals surface area (Å²) in [6, 6.07) is 3.85. The lowest BCUT2D eigenvalue weighted by Crippen LogP contribution is -2.59. The fourth-order valence-electron chi connectivity index (χ4n) is 3.73. The minimum Gasteiger partial charge on any atom is -0.378 e. The van der Waals surface area contributed by atoms with Gasteiger partial charge in [0.2, 0.25) is 15.9 Å². The number of hydrogen-bond acceptors (Lipinski definition) is 6. The summed E-state index contributed by atoms with van der Waals surface area (Å²) >= 11 is 0. The molecule has 3 rings (SSSR count). The summed E-state index contributed by atoms with van der Waals surface area (Å²) in [5.41, 5.74) is 0. The van der Waals surface area contributed by atoms with Gasteiger partial charge in [0.1, 0.15) is 16.8 Å². The van der Waals surface area contributed by atoms with Crippen LogP contribution in [0.15, 0.2) is 29.2 Å². The molecule has 0 bridgehead atoms. The molecule has 2 fully saturated rings. The van der Waals surface area contributed by atoms with Crippen molar-refractivity contribution in [1.82, 2.24) is 19.4 Å². The van der Waals surface area contributed by atoms with Crippen molar-refractivity contribution in [3.05, 3.63) is 30.1 Å². The number of carbonyl (C=O) groups is 3. The average Bonchev–Trinajstić information content (AvgIpc) is 2.82. The highest BCUT2D eigenvalue weighted by molar-refractivity contribution is 7.89. The normalized spacial score (nSPS) is 18.4. The smallest absolute Gasteiger partial charge is 0.312 e. The first kappa shape index (κ1) is 25.1. The number of carbonyl (C=O) groups excluding carboxylic acids is 3. The second-order valence-corrected chi connectivity index (χ2v) is 9.98. The maximum atomic E-state index is 14.0. The molecular weight excluding hydrogens is 455 g/mol. The lowest BCUT2D eigenvalue weighted by molar-refractivity contribution is -0.155. The predicted molar refractivity (Wildman–Crippen MR) is 116 cm³/mol. The van der Waals surface area contributed by atoms with E-state index in [1.807, 2.05) is 0 Å². The van der Waals surface area contributed by atoms with Gasteiger partial charge >= 0.3 is 11.8 Å². The second-order valence-electron chi connectivity index (χ2n) is 8.30. The van der Waals surface area contributed by atoms with Crippen LogP contribution < -0.4 is 4.72 Å². The second kappa shape index (κ2) is 10.6. The maximum Gasteiger partial charge on any atom is 0.312 e. The van der Waals surface area contributed by atoms with Gasteiger partial charge in [0.15, 0.2) is 0 Å². The Labute approximate surface area is 192 Å². The number of hydrogen-bond donors (Lipinski definition) is 1. The fourth-order valence-corrected chi connectivity index (χ4v) is 5.15. The summed E-state index contributed by atoms with van der Waals surface area (Å²) < 4.78 is 46.9. The number of nitrogens with zero attached hydrogens (tertiary/aromatic N) is 3. The zero-order valence-corrected chi connectivity index (χ0v) is 19.5. The Morgan fingerprint density at radius 2 is 1.42 bits per heavy atom. The van der Waals surface area contributed by atoms with E-state index in [9.17, 15) is 27.2 Å². The zero-order chi connectivity index (χ0) is 24.2. The first-order valence-electron chi connectivity index (χ1n) is 10.8. The Kier molecular flexibility index (Phi) is 8.03. The van der Waals surface area contributed by atoms with E-state index in [2.05, 4.69) is 4.72 Å². The number of halogens is 1. The van der Waals surface area contributed by atoms with Crippen molar-refractivity contribution in [2.75, 3.05) is 52.5 Å². The van der Waals surface area contributed by atoms with Crippen LogP contribution in [0.3, 0.4) is 0 Å². The molecule has 1 aromatic carbocycles. The van der Waals surface area contributed by atoms with Gasteiger partial charge in [0.25, 0.3) is 0 Å². The highest BCUT2D eigenvalue weighted by atomic mass is 32.2. The number of sulfonamides is 1. The Balaban J connectivity index is 1.62. The summed E-state index contributed by atoms with van der Waals surface area (Å²) in [4.78, 5) is 41.9. The third-order valence-corrected chi connectivity index (χ3v) is 7.18. The largest absolute Gasteiger partial charge is 0.378 e. The SMILES string of the molecule is CC(C)[C@H](NS(=O)(=O)c1ccccc1F)C(=O)N1CCN(C(=O)C(=O)N2CCOCC2)CC1. The minimum atomic E-state index is -4.26. The standard InChI is InChI=1S/C21H29FN4O6S/c1-15(2)18(23-33(30,31)17-6-4-3-5-16(17)22)19(27)24-7-9-25(10-8-24)20(28)21(29)26-11-13-32-14-12-26/h3-6,15,18,23H,7-14H2,1-2H3/t18-/m0/s1. The van der Waals surface area contributed by atoms with Crippen LogP contribution in [0.5, 0.6) is 0 Å². The van der Waals surface area contributed by atoms with Gasteiger partial charge in [-0.1, -0.05) is 26.0 Å². The van der Waals surface area contributed by atoms with Gasteiger partial charge in [-0.3, -0.25) is 14.4 Å². The quantitative estimate of drug-likeness (QED) is 0.572. The van der Waals surface area contributed by atoms with E-state index in [-0.39, 0.29) is 26.2 Å². The molecule has 2 aliphatic rings. The molecule has 2 saturated heterocycles. The van der Waals surface area contributed by atoms with E-state index < -0.39 is 50.4 Å². The molecule has 2 aliphatic heterocycles. The molecular formula is C21H29FN4O6S. The topological polar surface area (TPSA) is 116 Å². The van der Waals surface area contributed by atoms with Gasteiger partial charge < -0.3 is 19.4 Å². The van der Waals surface area contributed by atoms with E-state index >= 15 is 0 Å². The summed E-state index contributed by atoms with van der Waals surface area (Å²) in [6.45, 7) is 5.51. The van der Waals surface area contributed by atoms with Crippen LogP contribution in [0, 0.1) is 11.7 Å². The number of nitrogens with one attached hydrogen (secondary N) is 1. The van der Waals surface area contributed by atoms with Crippen molar-refractivity contribution in [3.63, 3.8) is 0 Å². The molecule has 0 aliphatic carbocycles. The maximum absolute atomic E-state index is 14.0. The van der Waals surface area contributed by atoms with E-state index in [1.54, 1.807) is 13.8 Å². The third kappa shape index (κ3) is 5.87. The number of rotatable bonds is 5. The molecule has 10 nitrogen and oxygen atoms in total. The van der Waals surface area contributed by atoms with Crippen LogP contribution in [0.2, 0.25) is 0 Å². The molecule has 0 saturated carbocycles. The summed E-state index contributed by atoms with van der Waals surface area (Å²) in [5, 5.41) is 0. The number of morpholine rings is 1. The van der Waals surface area contributed by atoms with E-state index in [0.717, 1.165) is 12.1 Å². The molecule has 0 spiro atoms. The Bertz CT molecular complexity index is 988. The number of piperazine rings is 1. The van der Waals surface area contributed by atoms with E-state index in [1.165, 1.54) is 26.8 Å². The van der Waals surface area contributed by atoms with Crippen LogP contribution in [-0.4, -0.2) is 99.4 Å². The number of amides is 3. The highest BCUT2D eigenvalue weighted by Gasteiger charge is 2.36. The van der Waals surface area contributed by atoms with Crippen LogP contribution >= 0.6 is 0 Å². The number of ether oxygens (including phenoxy) is 1. The summed E-state index contributed by atoms with van der Waals surface area (Å²) in [5.74, 6) is -2.98. The molecule has 1 aromatic rings. The molecule has 182 valence electrons. The van der Waals surface area contributed by atoms with Crippen LogP contribution in [-0.2, 0) is 29.1 Å². The molecule has 1 N–H and O–H groups in total. The molecule has 33 heavy (non-hydrogen) atoms. The molecule has 0 radical (unpaired) electrons. The van der Waals surface area contributed by atoms with Crippen LogP contribution in [0.4, 0.5) is 4.39 Å². The van der Waals surface area contributed by atoms with Gasteiger partial charge in [-0.05, 0) is 18.1 Å². The first-order valence-corrected chi connectivity index (χ1v) is 12.3. The van der Waals surface area contributed by atoms with Gasteiger partial charge in [-0.15, -0.1) is 0 Å². The Morgan fingerprint density at radius 1 is 0.909 bits per heavy atom. The lowest BCUT2D eigenvalue weighted by Gasteiger charge is -2.37. The van der Waals surface area contributed by atoms with Gasteiger partial charge in [-0.2, -0.15) is 4.72 Å².